The van der Waals surface area contributed by atoms with Crippen LogP contribution in [-0.2, 0) is 0 Å². The molecule has 1 amide bonds. The number of benzene rings is 2. The Morgan fingerprint density at radius 2 is 1.60 bits per heavy atom. The second-order valence-electron chi connectivity index (χ2n) is 5.66. The summed E-state index contributed by atoms with van der Waals surface area (Å²) in [6, 6.07) is 10.2. The summed E-state index contributed by atoms with van der Waals surface area (Å²) in [5.41, 5.74) is 3.45. The first-order chi connectivity index (χ1) is 14.4. The number of hydrazine groups is 1. The lowest BCUT2D eigenvalue weighted by molar-refractivity contribution is -0.385. The van der Waals surface area contributed by atoms with E-state index < -0.39 is 32.9 Å². The molecule has 30 heavy (non-hydrogen) atoms. The zero-order valence-electron chi connectivity index (χ0n) is 14.9. The van der Waals surface area contributed by atoms with E-state index >= 15 is 0 Å². The fourth-order valence-electron chi connectivity index (χ4n) is 2.41. The molecule has 0 radical (unpaired) electrons. The quantitative estimate of drug-likeness (QED) is 0.390. The van der Waals surface area contributed by atoms with Gasteiger partial charge in [0.15, 0.2) is 0 Å². The number of nitro benzene ring substituents is 1. The summed E-state index contributed by atoms with van der Waals surface area (Å²) in [5.74, 6) is -1.98. The summed E-state index contributed by atoms with van der Waals surface area (Å²) in [4.78, 5) is 40.9. The zero-order chi connectivity index (χ0) is 21.7. The number of nitrogens with one attached hydrogen (secondary N) is 3. The molecular formula is C17H12FN7O5. The second kappa shape index (κ2) is 8.55. The van der Waals surface area contributed by atoms with Gasteiger partial charge in [0.25, 0.3) is 11.6 Å². The minimum Gasteiger partial charge on any atom is -0.334 e. The number of aromatic nitrogens is 2. The van der Waals surface area contributed by atoms with E-state index in [1.807, 2.05) is 0 Å². The number of para-hydroxylation sites is 1. The SMILES string of the molecule is O=C(NNc1ncnc(Nc2ccc(F)cc2)c1[N+](=O)[O-])c1ccccc1[N+](=O)[O-]. The van der Waals surface area contributed by atoms with Crippen LogP contribution in [0, 0.1) is 26.0 Å². The molecule has 12 nitrogen and oxygen atoms in total. The van der Waals surface area contributed by atoms with Gasteiger partial charge in [-0.25, -0.2) is 14.4 Å². The van der Waals surface area contributed by atoms with Crippen molar-refractivity contribution in [1.82, 2.24) is 15.4 Å². The summed E-state index contributed by atoms with van der Waals surface area (Å²) in [7, 11) is 0. The number of halogens is 1. The first-order valence-electron chi connectivity index (χ1n) is 8.18. The van der Waals surface area contributed by atoms with Crippen LogP contribution in [0.5, 0.6) is 0 Å². The number of carbonyl (C=O) groups excluding carboxylic acids is 1. The average Bonchev–Trinajstić information content (AvgIpc) is 2.73. The van der Waals surface area contributed by atoms with Gasteiger partial charge >= 0.3 is 5.69 Å². The molecule has 0 saturated carbocycles. The molecule has 152 valence electrons. The third-order valence-electron chi connectivity index (χ3n) is 3.75. The molecule has 0 aliphatic heterocycles. The smallest absolute Gasteiger partial charge is 0.334 e. The van der Waals surface area contributed by atoms with E-state index in [0.717, 1.165) is 24.5 Å². The van der Waals surface area contributed by atoms with Crippen molar-refractivity contribution >= 4 is 34.6 Å². The van der Waals surface area contributed by atoms with Gasteiger partial charge in [0.05, 0.1) is 9.85 Å². The van der Waals surface area contributed by atoms with Crippen molar-refractivity contribution in [3.63, 3.8) is 0 Å². The number of carbonyl (C=O) groups is 1. The minimum absolute atomic E-state index is 0.218. The van der Waals surface area contributed by atoms with Gasteiger partial charge in [-0.1, -0.05) is 12.1 Å². The Balaban J connectivity index is 1.84. The lowest BCUT2D eigenvalue weighted by atomic mass is 10.2. The molecule has 2 aromatic carbocycles. The lowest BCUT2D eigenvalue weighted by Gasteiger charge is -2.11. The predicted molar refractivity (Wildman–Crippen MR) is 103 cm³/mol. The molecule has 0 bridgehead atoms. The van der Waals surface area contributed by atoms with Crippen LogP contribution in [0.15, 0.2) is 54.9 Å². The molecule has 0 spiro atoms. The molecular weight excluding hydrogens is 401 g/mol. The van der Waals surface area contributed by atoms with E-state index in [9.17, 15) is 29.4 Å². The van der Waals surface area contributed by atoms with Gasteiger partial charge in [-0.2, -0.15) is 0 Å². The predicted octanol–water partition coefficient (Wildman–Crippen LogP) is 2.93. The van der Waals surface area contributed by atoms with Crippen LogP contribution in [0.2, 0.25) is 0 Å². The number of nitrogens with zero attached hydrogens (tertiary/aromatic N) is 4. The van der Waals surface area contributed by atoms with Crippen molar-refractivity contribution in [2.24, 2.45) is 0 Å². The Labute approximate surface area is 167 Å². The molecule has 3 aromatic rings. The molecule has 0 unspecified atom stereocenters. The van der Waals surface area contributed by atoms with E-state index in [2.05, 4.69) is 26.1 Å². The highest BCUT2D eigenvalue weighted by Gasteiger charge is 2.25. The van der Waals surface area contributed by atoms with Gasteiger partial charge in [0, 0.05) is 11.8 Å². The second-order valence-corrected chi connectivity index (χ2v) is 5.66. The zero-order valence-corrected chi connectivity index (χ0v) is 14.9. The fraction of sp³-hybridized carbons (Fsp3) is 0. The molecule has 0 aliphatic rings. The van der Waals surface area contributed by atoms with Crippen LogP contribution in [0.4, 0.5) is 33.1 Å². The molecule has 0 fully saturated rings. The van der Waals surface area contributed by atoms with Gasteiger partial charge in [-0.05, 0) is 30.3 Å². The molecule has 1 aromatic heterocycles. The van der Waals surface area contributed by atoms with Crippen LogP contribution in [0.3, 0.4) is 0 Å². The number of amides is 1. The molecule has 0 atom stereocenters. The number of anilines is 3. The third-order valence-corrected chi connectivity index (χ3v) is 3.75. The largest absolute Gasteiger partial charge is 0.355 e. The maximum atomic E-state index is 13.0. The maximum absolute atomic E-state index is 13.0. The van der Waals surface area contributed by atoms with Crippen molar-refractivity contribution in [3.8, 4) is 0 Å². The van der Waals surface area contributed by atoms with Gasteiger partial charge in [-0.3, -0.25) is 35.9 Å². The van der Waals surface area contributed by atoms with Crippen molar-refractivity contribution in [3.05, 3.63) is 86.5 Å². The Hall–Kier alpha value is -4.68. The topological polar surface area (TPSA) is 165 Å². The maximum Gasteiger partial charge on any atom is 0.355 e. The summed E-state index contributed by atoms with van der Waals surface area (Å²) >= 11 is 0. The molecule has 3 N–H and O–H groups in total. The number of rotatable bonds is 7. The van der Waals surface area contributed by atoms with Crippen molar-refractivity contribution in [2.75, 3.05) is 10.7 Å². The number of hydrogen-bond acceptors (Lipinski definition) is 9. The molecule has 1 heterocycles. The molecule has 3 rings (SSSR count). The molecule has 13 heteroatoms. The van der Waals surface area contributed by atoms with Crippen LogP contribution >= 0.6 is 0 Å². The minimum atomic E-state index is -0.900. The van der Waals surface area contributed by atoms with Crippen LogP contribution in [0.25, 0.3) is 0 Å². The first-order valence-corrected chi connectivity index (χ1v) is 8.18. The van der Waals surface area contributed by atoms with E-state index in [-0.39, 0.29) is 17.2 Å². The van der Waals surface area contributed by atoms with Crippen LogP contribution < -0.4 is 16.2 Å². The van der Waals surface area contributed by atoms with Gasteiger partial charge in [-0.15, -0.1) is 0 Å². The van der Waals surface area contributed by atoms with Crippen LogP contribution in [0.1, 0.15) is 10.4 Å². The highest BCUT2D eigenvalue weighted by molar-refractivity contribution is 5.98. The van der Waals surface area contributed by atoms with Gasteiger partial charge in [0.2, 0.25) is 11.6 Å². The van der Waals surface area contributed by atoms with Crippen LogP contribution in [-0.4, -0.2) is 25.7 Å². The Bertz CT molecular complexity index is 1120. The highest BCUT2D eigenvalue weighted by Crippen LogP contribution is 2.30. The Morgan fingerprint density at radius 1 is 0.933 bits per heavy atom. The van der Waals surface area contributed by atoms with E-state index in [1.165, 1.54) is 30.3 Å². The summed E-state index contributed by atoms with van der Waals surface area (Å²) in [6.07, 6.45) is 0.998. The number of nitro groups is 2. The molecule has 0 aliphatic carbocycles. The number of hydrogen-bond donors (Lipinski definition) is 3. The van der Waals surface area contributed by atoms with E-state index in [1.54, 1.807) is 0 Å². The van der Waals surface area contributed by atoms with E-state index in [0.29, 0.717) is 5.69 Å². The van der Waals surface area contributed by atoms with Crippen molar-refractivity contribution < 1.29 is 19.0 Å². The summed E-state index contributed by atoms with van der Waals surface area (Å²) in [6.45, 7) is 0. The highest BCUT2D eigenvalue weighted by atomic mass is 19.1. The first kappa shape index (κ1) is 20.1. The monoisotopic (exact) mass is 413 g/mol. The van der Waals surface area contributed by atoms with Crippen molar-refractivity contribution in [2.45, 2.75) is 0 Å². The van der Waals surface area contributed by atoms with E-state index in [4.69, 9.17) is 0 Å². The summed E-state index contributed by atoms with van der Waals surface area (Å²) < 4.78 is 13.0. The third kappa shape index (κ3) is 4.41. The fourth-order valence-corrected chi connectivity index (χ4v) is 2.41. The molecule has 0 saturated heterocycles. The normalized spacial score (nSPS) is 10.2. The van der Waals surface area contributed by atoms with Gasteiger partial charge in [0.1, 0.15) is 17.7 Å². The lowest BCUT2D eigenvalue weighted by Crippen LogP contribution is -2.30. The average molecular weight is 413 g/mol. The van der Waals surface area contributed by atoms with Gasteiger partial charge < -0.3 is 5.32 Å². The Kier molecular flexibility index (Phi) is 5.72. The Morgan fingerprint density at radius 3 is 2.27 bits per heavy atom. The van der Waals surface area contributed by atoms with Crippen molar-refractivity contribution in [1.29, 1.82) is 0 Å². The summed E-state index contributed by atoms with van der Waals surface area (Å²) in [5, 5.41) is 25.2. The standard InChI is InChI=1S/C17H12FN7O5/c18-10-5-7-11(8-6-10)21-15-14(25(29)30)16(20-9-19-15)22-23-17(26)12-3-1-2-4-13(12)24(27)28/h1-9H,(H,23,26)(H2,19,20,21,22).